The fourth-order valence-electron chi connectivity index (χ4n) is 9.86. The summed E-state index contributed by atoms with van der Waals surface area (Å²) < 4.78 is 0. The Kier molecular flexibility index (Phi) is 6.00. The second kappa shape index (κ2) is 10.6. The average molecular weight is 662 g/mol. The molecule has 0 bridgehead atoms. The molecule has 1 spiro atoms. The average Bonchev–Trinajstić information content (AvgIpc) is 3.58. The van der Waals surface area contributed by atoms with Gasteiger partial charge in [0.05, 0.1) is 5.41 Å². The van der Waals surface area contributed by atoms with Gasteiger partial charge in [-0.15, -0.1) is 0 Å². The Morgan fingerprint density at radius 2 is 0.750 bits per heavy atom. The molecule has 0 saturated heterocycles. The molecule has 244 valence electrons. The number of nitrogens with zero attached hydrogens (tertiary/aromatic N) is 1. The lowest BCUT2D eigenvalue weighted by atomic mass is 9.64. The Balaban J connectivity index is 1.35. The van der Waals surface area contributed by atoms with Gasteiger partial charge in [0.1, 0.15) is 0 Å². The van der Waals surface area contributed by atoms with Gasteiger partial charge < -0.3 is 0 Å². The Morgan fingerprint density at radius 3 is 1.38 bits per heavy atom. The van der Waals surface area contributed by atoms with Crippen molar-refractivity contribution in [2.24, 2.45) is 0 Å². The summed E-state index contributed by atoms with van der Waals surface area (Å²) in [5.74, 6) is 0. The highest BCUT2D eigenvalue weighted by atomic mass is 14.6. The first-order valence-electron chi connectivity index (χ1n) is 18.3. The van der Waals surface area contributed by atoms with E-state index < -0.39 is 5.41 Å². The lowest BCUT2D eigenvalue weighted by Crippen LogP contribution is -2.29. The maximum atomic E-state index is 4.37. The first kappa shape index (κ1) is 29.4. The van der Waals surface area contributed by atoms with E-state index >= 15 is 0 Å². The van der Waals surface area contributed by atoms with Crippen LogP contribution < -0.4 is 0 Å². The molecule has 0 amide bonds. The number of benzene rings is 7. The molecular weight excluding hydrogens is 627 g/mol. The van der Waals surface area contributed by atoms with E-state index in [0.29, 0.717) is 0 Å². The molecule has 0 N–H and O–H groups in total. The van der Waals surface area contributed by atoms with Gasteiger partial charge >= 0.3 is 0 Å². The van der Waals surface area contributed by atoms with Crippen LogP contribution in [-0.4, -0.2) is 4.98 Å². The summed E-state index contributed by atoms with van der Waals surface area (Å²) in [6.07, 6.45) is 3.80. The van der Waals surface area contributed by atoms with Crippen LogP contribution in [0.4, 0.5) is 0 Å². The summed E-state index contributed by atoms with van der Waals surface area (Å²) in [6.45, 7) is 4.78. The third-order valence-corrected chi connectivity index (χ3v) is 12.2. The monoisotopic (exact) mass is 661 g/mol. The van der Waals surface area contributed by atoms with E-state index in [-0.39, 0.29) is 5.41 Å². The molecule has 7 aromatic carbocycles. The largest absolute Gasteiger partial charge is 0.265 e. The van der Waals surface area contributed by atoms with Gasteiger partial charge in [0.15, 0.2) is 0 Å². The third kappa shape index (κ3) is 3.80. The summed E-state index contributed by atoms with van der Waals surface area (Å²) in [7, 11) is 0. The highest BCUT2D eigenvalue weighted by Crippen LogP contribution is 2.64. The molecule has 0 saturated carbocycles. The molecule has 1 unspecified atom stereocenters. The number of hydrogen-bond donors (Lipinski definition) is 0. The molecule has 1 heterocycles. The van der Waals surface area contributed by atoms with Crippen molar-refractivity contribution in [3.05, 3.63) is 210 Å². The number of hydrogen-bond acceptors (Lipinski definition) is 1. The minimum Gasteiger partial charge on any atom is -0.265 e. The number of aromatic nitrogens is 1. The van der Waals surface area contributed by atoms with Crippen molar-refractivity contribution < 1.29 is 0 Å². The zero-order valence-corrected chi connectivity index (χ0v) is 29.2. The maximum Gasteiger partial charge on any atom is 0.0726 e. The zero-order valence-electron chi connectivity index (χ0n) is 29.2. The summed E-state index contributed by atoms with van der Waals surface area (Å²) in [6, 6.07) is 61.9. The van der Waals surface area contributed by atoms with E-state index in [4.69, 9.17) is 0 Å². The van der Waals surface area contributed by atoms with E-state index in [2.05, 4.69) is 183 Å². The molecule has 0 fully saturated rings. The lowest BCUT2D eigenvalue weighted by molar-refractivity contribution is 0.660. The predicted octanol–water partition coefficient (Wildman–Crippen LogP) is 12.7. The Hall–Kier alpha value is -6.31. The standard InChI is InChI=1S/C51H35N/c1-50(2)44-18-10-8-16-38(44)42-31-49-43(30-46(42)50)39-17-9-11-19-45(39)51(49)47-28-34(32-12-4-3-5-13-32)20-22-40(47)36-14-6-7-15-37(36)41-23-21-35(29-48(41)51)33-24-26-52-27-25-33/h3-31H,1-2H3. The number of fused-ring (bicyclic) bond motifs is 15. The van der Waals surface area contributed by atoms with E-state index in [0.717, 1.165) is 0 Å². The quantitative estimate of drug-likeness (QED) is 0.180. The third-order valence-electron chi connectivity index (χ3n) is 12.2. The Labute approximate surface area is 304 Å². The van der Waals surface area contributed by atoms with Crippen LogP contribution in [0, 0.1) is 0 Å². The Bertz CT molecular complexity index is 2640. The topological polar surface area (TPSA) is 12.9 Å². The van der Waals surface area contributed by atoms with E-state index in [1.54, 1.807) is 0 Å². The maximum absolute atomic E-state index is 4.37. The first-order valence-corrected chi connectivity index (χ1v) is 18.3. The molecule has 1 aromatic heterocycles. The van der Waals surface area contributed by atoms with Crippen molar-refractivity contribution in [3.63, 3.8) is 0 Å². The van der Waals surface area contributed by atoms with Crippen LogP contribution in [0.3, 0.4) is 0 Å². The number of rotatable bonds is 2. The van der Waals surface area contributed by atoms with Gasteiger partial charge in [-0.05, 0) is 137 Å². The zero-order chi connectivity index (χ0) is 34.6. The highest BCUT2D eigenvalue weighted by Gasteiger charge is 2.51. The molecule has 1 nitrogen and oxygen atoms in total. The molecule has 11 rings (SSSR count). The minimum absolute atomic E-state index is 0.101. The van der Waals surface area contributed by atoms with Gasteiger partial charge in [-0.3, -0.25) is 4.98 Å². The van der Waals surface area contributed by atoms with Crippen LogP contribution in [0.25, 0.3) is 66.8 Å². The van der Waals surface area contributed by atoms with Crippen molar-refractivity contribution >= 4 is 0 Å². The van der Waals surface area contributed by atoms with Crippen molar-refractivity contribution in [3.8, 4) is 66.8 Å². The van der Waals surface area contributed by atoms with Crippen LogP contribution in [-0.2, 0) is 10.8 Å². The van der Waals surface area contributed by atoms with Gasteiger partial charge in [0.25, 0.3) is 0 Å². The van der Waals surface area contributed by atoms with Gasteiger partial charge in [-0.1, -0.05) is 141 Å². The normalized spacial score (nSPS) is 16.5. The van der Waals surface area contributed by atoms with Crippen LogP contribution in [0.1, 0.15) is 47.2 Å². The lowest BCUT2D eigenvalue weighted by Gasteiger charge is -2.36. The molecule has 1 atom stereocenters. The SMILES string of the molecule is CC1(C)c2ccccc2-c2cc3c(cc21)-c1ccccc1C31c2cc(-c3ccccc3)ccc2-c2ccccc2-c2ccc(-c3ccncc3)cc21. The molecule has 0 radical (unpaired) electrons. The molecule has 8 aromatic rings. The molecule has 1 heteroatoms. The molecular formula is C51H35N. The van der Waals surface area contributed by atoms with Crippen LogP contribution in [0.2, 0.25) is 0 Å². The van der Waals surface area contributed by atoms with Crippen molar-refractivity contribution in [2.45, 2.75) is 24.7 Å². The molecule has 3 aliphatic carbocycles. The van der Waals surface area contributed by atoms with E-state index in [1.165, 1.54) is 100 Å². The predicted molar refractivity (Wildman–Crippen MR) is 214 cm³/mol. The fourth-order valence-corrected chi connectivity index (χ4v) is 9.86. The summed E-state index contributed by atoms with van der Waals surface area (Å²) >= 11 is 0. The van der Waals surface area contributed by atoms with Crippen molar-refractivity contribution in [2.75, 3.05) is 0 Å². The molecule has 0 aliphatic heterocycles. The van der Waals surface area contributed by atoms with Gasteiger partial charge in [0, 0.05) is 17.8 Å². The van der Waals surface area contributed by atoms with E-state index in [9.17, 15) is 0 Å². The second-order valence-corrected chi connectivity index (χ2v) is 15.1. The minimum atomic E-state index is -0.597. The van der Waals surface area contributed by atoms with Crippen LogP contribution >= 0.6 is 0 Å². The summed E-state index contributed by atoms with van der Waals surface area (Å²) in [5, 5.41) is 0. The Morgan fingerprint density at radius 1 is 0.308 bits per heavy atom. The van der Waals surface area contributed by atoms with Gasteiger partial charge in [-0.2, -0.15) is 0 Å². The molecule has 3 aliphatic rings. The van der Waals surface area contributed by atoms with Crippen LogP contribution in [0.5, 0.6) is 0 Å². The van der Waals surface area contributed by atoms with Crippen molar-refractivity contribution in [1.29, 1.82) is 0 Å². The van der Waals surface area contributed by atoms with Crippen molar-refractivity contribution in [1.82, 2.24) is 4.98 Å². The molecule has 52 heavy (non-hydrogen) atoms. The van der Waals surface area contributed by atoms with Crippen LogP contribution in [0.15, 0.2) is 176 Å². The smallest absolute Gasteiger partial charge is 0.0726 e. The summed E-state index contributed by atoms with van der Waals surface area (Å²) in [4.78, 5) is 4.37. The van der Waals surface area contributed by atoms with Gasteiger partial charge in [0.2, 0.25) is 0 Å². The first-order chi connectivity index (χ1) is 25.5. The summed E-state index contributed by atoms with van der Waals surface area (Å²) in [5.41, 5.74) is 22.7. The van der Waals surface area contributed by atoms with Gasteiger partial charge in [-0.25, -0.2) is 0 Å². The fraction of sp³-hybridized carbons (Fsp3) is 0.0784. The van der Waals surface area contributed by atoms with E-state index in [1.807, 2.05) is 12.4 Å². The second-order valence-electron chi connectivity index (χ2n) is 15.1. The number of pyridine rings is 1. The highest BCUT2D eigenvalue weighted by molar-refractivity contribution is 6.00.